The zero-order valence-corrected chi connectivity index (χ0v) is 36.6. The van der Waals surface area contributed by atoms with Crippen molar-refractivity contribution >= 4 is 94.2 Å². The average Bonchev–Trinajstić information content (AvgIpc) is 1.25. The van der Waals surface area contributed by atoms with Crippen molar-refractivity contribution in [2.45, 2.75) is 0 Å². The number of rotatable bonds is 8. The van der Waals surface area contributed by atoms with Gasteiger partial charge >= 0.3 is 0 Å². The summed E-state index contributed by atoms with van der Waals surface area (Å²) >= 11 is 0. The van der Waals surface area contributed by atoms with Crippen LogP contribution in [-0.4, -0.2) is 31.7 Å². The predicted octanol–water partition coefficient (Wildman–Crippen LogP) is 12.8. The largest absolute Gasteiger partial charge is 0.309 e. The Morgan fingerprint density at radius 2 is 0.786 bits per heavy atom. The van der Waals surface area contributed by atoms with E-state index in [-0.39, 0.29) is 10.4 Å². The van der Waals surface area contributed by atoms with E-state index >= 15 is 0 Å². The van der Waals surface area contributed by atoms with Gasteiger partial charge in [-0.15, -0.1) is 0 Å². The van der Waals surface area contributed by atoms with Gasteiger partial charge in [-0.3, -0.25) is 9.13 Å². The molecule has 0 fully saturated rings. The maximum Gasteiger partial charge on any atom is 0.237 e. The summed E-state index contributed by atoms with van der Waals surface area (Å²) in [4.78, 5) is 9.92. The molecule has 0 aliphatic heterocycles. The molecule has 0 saturated heterocycles. The van der Waals surface area contributed by atoms with Crippen molar-refractivity contribution in [2.75, 3.05) is 0 Å². The number of hydrogen-bond donors (Lipinski definition) is 0. The molecule has 6 heteroatoms. The van der Waals surface area contributed by atoms with Gasteiger partial charge < -0.3 is 4.57 Å². The van der Waals surface area contributed by atoms with E-state index in [0.717, 1.165) is 19.8 Å². The van der Waals surface area contributed by atoms with E-state index < -0.39 is 306 Å². The van der Waals surface area contributed by atoms with E-state index in [1.165, 1.54) is 24.3 Å². The van der Waals surface area contributed by atoms with Crippen molar-refractivity contribution in [3.8, 4) is 28.7 Å². The first-order valence-corrected chi connectivity index (χ1v) is 23.3. The Kier molecular flexibility index (Phi) is 4.46. The molecule has 0 saturated carbocycles. The van der Waals surface area contributed by atoms with Crippen LogP contribution in [0, 0.1) is 0 Å². The highest BCUT2D eigenvalue weighted by atomic mass is 28.3. The summed E-state index contributed by atoms with van der Waals surface area (Å²) in [6, 6.07) is -12.8. The lowest BCUT2D eigenvalue weighted by Gasteiger charge is -2.34. The van der Waals surface area contributed by atoms with E-state index in [0.29, 0.717) is 0 Å². The third kappa shape index (κ3) is 5.97. The third-order valence-electron chi connectivity index (χ3n) is 12.2. The quantitative estimate of drug-likeness (QED) is 0.112. The normalized spacial score (nSPS) is 18.4. The first-order chi connectivity index (χ1) is 48.0. The van der Waals surface area contributed by atoms with Crippen molar-refractivity contribution in [1.29, 1.82) is 0 Å². The van der Waals surface area contributed by atoms with E-state index in [4.69, 9.17) is 26.4 Å². The Labute approximate surface area is 450 Å². The highest BCUT2D eigenvalue weighted by Crippen LogP contribution is 2.39. The Hall–Kier alpha value is -9.10. The van der Waals surface area contributed by atoms with Gasteiger partial charge in [0.15, 0.2) is 8.07 Å². The van der Waals surface area contributed by atoms with Crippen molar-refractivity contribution in [3.05, 3.63) is 260 Å². The fourth-order valence-corrected chi connectivity index (χ4v) is 13.5. The van der Waals surface area contributed by atoms with Gasteiger partial charge in [0, 0.05) is 43.9 Å². The lowest BCUT2D eigenvalue weighted by atomic mass is 10.1. The molecule has 0 aliphatic rings. The van der Waals surface area contributed by atoms with Crippen LogP contribution in [0.15, 0.2) is 260 Å². The lowest BCUT2D eigenvalue weighted by molar-refractivity contribution is 0.951. The number of para-hydroxylation sites is 6. The predicted molar refractivity (Wildman–Crippen MR) is 294 cm³/mol. The molecule has 10 aromatic carbocycles. The van der Waals surface area contributed by atoms with Crippen LogP contribution in [0.25, 0.3) is 94.1 Å². The van der Waals surface area contributed by atoms with Crippen LogP contribution >= 0.6 is 0 Å². The minimum absolute atomic E-state index is 0.161. The topological polar surface area (TPSA) is 40.6 Å². The molecule has 0 N–H and O–H groups in total. The zero-order valence-electron chi connectivity index (χ0n) is 67.6. The standard InChI is InChI=1S/C64H43N5Si/c1-4-22-44(23-5-1)70(45-24-6-2-7-25-45,46-26-8-3-9-27-46)47-40-41-53-52-32-14-20-38-60(52)69(62(53)42-47)64-65-55(43-63(66-64)68-58-36-18-12-30-50(58)51-31-13-19-37-59(51)68)54-33-15-21-39-61(54)67-56-34-16-10-28-48(56)49-29-11-17-35-57(49)67/h1-43H/i1D,4D,5D,10D,11D,12D,13D,14D,15D,16D,17D,18D,19D,20D,21D,22D,23D,28D,29D,30D,31D,32D,33D,34D,35D,36D,37D,38D,39D,40D,41D,42D. The van der Waals surface area contributed by atoms with E-state index in [9.17, 15) is 27.4 Å². The molecule has 0 atom stereocenters. The van der Waals surface area contributed by atoms with Crippen molar-refractivity contribution in [3.63, 3.8) is 0 Å². The second kappa shape index (κ2) is 16.0. The van der Waals surface area contributed by atoms with Crippen LogP contribution in [-0.2, 0) is 0 Å². The summed E-state index contributed by atoms with van der Waals surface area (Å²) in [7, 11) is -5.06. The Bertz CT molecular complexity index is 6010. The van der Waals surface area contributed by atoms with Crippen LogP contribution in [0.1, 0.15) is 43.9 Å². The molecular weight excluding hydrogens is 867 g/mol. The molecule has 14 rings (SSSR count). The molecule has 4 aromatic heterocycles. The maximum absolute atomic E-state index is 11.0. The second-order valence-corrected chi connectivity index (χ2v) is 19.4. The highest BCUT2D eigenvalue weighted by Gasteiger charge is 2.41. The minimum atomic E-state index is -5.06. The average molecular weight is 942 g/mol. The van der Waals surface area contributed by atoms with Gasteiger partial charge in [-0.25, -0.2) is 4.98 Å². The van der Waals surface area contributed by atoms with E-state index in [2.05, 4.69) is 0 Å². The SMILES string of the molecule is [2H]c1c([2H])c([2H])c([Si](c2ccccc2)(c2ccccc2)c2c([2H])c([2H])c3c4c([2H])c([2H])c([2H])c([2H])c4n(-c4nc(-c5c([2H])c([2H])c([2H])c([2H])c5-n5c6c([2H])c([2H])c([2H])c([2H])c6c6c([2H])c([2H])c([2H])c([2H])c65)cc(-n5c6c([2H])c([2H])c([2H])c([2H])c6c6c([2H])c([2H])c([2H])c([2H])c65)n4)c3c2[2H])c([2H])c1[2H]. The van der Waals surface area contributed by atoms with Crippen molar-refractivity contribution in [1.82, 2.24) is 23.7 Å². The molecule has 0 radical (unpaired) electrons. The molecule has 0 spiro atoms. The fraction of sp³-hybridized carbons (Fsp3) is 0. The Balaban J connectivity index is 1.29. The van der Waals surface area contributed by atoms with Gasteiger partial charge in [0.1, 0.15) is 5.82 Å². The molecular formula is C64H43N5Si. The number of benzene rings is 10. The molecule has 14 aromatic rings. The fourth-order valence-electron chi connectivity index (χ4n) is 9.30. The van der Waals surface area contributed by atoms with Gasteiger partial charge in [0.25, 0.3) is 0 Å². The van der Waals surface area contributed by atoms with Gasteiger partial charge in [-0.05, 0) is 63.0 Å². The van der Waals surface area contributed by atoms with Crippen LogP contribution in [0.5, 0.6) is 0 Å². The van der Waals surface area contributed by atoms with E-state index in [1.54, 1.807) is 36.4 Å². The highest BCUT2D eigenvalue weighted by molar-refractivity contribution is 7.20. The molecule has 0 bridgehead atoms. The molecule has 4 heterocycles. The first-order valence-electron chi connectivity index (χ1n) is 37.3. The lowest BCUT2D eigenvalue weighted by Crippen LogP contribution is -2.74. The number of fused-ring (bicyclic) bond motifs is 9. The molecule has 5 nitrogen and oxygen atoms in total. The molecule has 0 amide bonds. The summed E-state index contributed by atoms with van der Waals surface area (Å²) in [6.07, 6.45) is 0. The Morgan fingerprint density at radius 3 is 1.33 bits per heavy atom. The summed E-state index contributed by atoms with van der Waals surface area (Å²) < 4.78 is 303. The van der Waals surface area contributed by atoms with Crippen LogP contribution < -0.4 is 20.7 Å². The van der Waals surface area contributed by atoms with E-state index in [1.807, 2.05) is 0 Å². The number of aromatic nitrogens is 5. The summed E-state index contributed by atoms with van der Waals surface area (Å²) in [5.74, 6) is -1.77. The smallest absolute Gasteiger partial charge is 0.237 e. The first kappa shape index (κ1) is 19.5. The molecule has 0 aliphatic carbocycles. The zero-order chi connectivity index (χ0) is 74.0. The summed E-state index contributed by atoms with van der Waals surface area (Å²) in [6.45, 7) is 0. The van der Waals surface area contributed by atoms with Crippen LogP contribution in [0.2, 0.25) is 0 Å². The number of nitrogens with zero attached hydrogens (tertiary/aromatic N) is 5. The van der Waals surface area contributed by atoms with Crippen molar-refractivity contribution < 1.29 is 43.9 Å². The summed E-state index contributed by atoms with van der Waals surface area (Å²) in [5, 5.41) is -4.01. The van der Waals surface area contributed by atoms with Gasteiger partial charge in [0.2, 0.25) is 5.95 Å². The minimum Gasteiger partial charge on any atom is -0.309 e. The van der Waals surface area contributed by atoms with Gasteiger partial charge in [-0.2, -0.15) is 4.98 Å². The molecule has 328 valence electrons. The van der Waals surface area contributed by atoms with Crippen molar-refractivity contribution in [2.24, 2.45) is 0 Å². The second-order valence-electron chi connectivity index (χ2n) is 15.7. The van der Waals surface area contributed by atoms with Crippen LogP contribution in [0.4, 0.5) is 0 Å². The number of hydrogen-bond acceptors (Lipinski definition) is 2. The summed E-state index contributed by atoms with van der Waals surface area (Å²) in [5.41, 5.74) is -6.59. The van der Waals surface area contributed by atoms with Gasteiger partial charge in [0.05, 0.1) is 88.3 Å². The maximum atomic E-state index is 11.0. The third-order valence-corrected chi connectivity index (χ3v) is 16.6. The molecule has 0 unspecified atom stereocenters. The van der Waals surface area contributed by atoms with Gasteiger partial charge in [-0.1, -0.05) is 212 Å². The molecule has 70 heavy (non-hydrogen) atoms. The van der Waals surface area contributed by atoms with Crippen LogP contribution in [0.3, 0.4) is 0 Å². The monoisotopic (exact) mass is 942 g/mol. The Morgan fingerprint density at radius 1 is 0.343 bits per heavy atom.